The number of aromatic nitrogens is 2. The van der Waals surface area contributed by atoms with Crippen LogP contribution in [0.5, 0.6) is 0 Å². The highest BCUT2D eigenvalue weighted by Crippen LogP contribution is 2.24. The normalized spacial score (nSPS) is 11.7. The summed E-state index contributed by atoms with van der Waals surface area (Å²) in [5.41, 5.74) is 5.58. The standard InChI is InChI=1S/C20H13N7/c21-13-18(26-24-16-9-1-5-14-7-3-11-22-19(14)16)27-25-17-10-2-6-15-8-4-12-23-20(15)17/h1-12,24H. The topological polar surface area (TPSA) is 98.7 Å². The second kappa shape index (κ2) is 7.37. The molecule has 1 N–H and O–H groups in total. The molecule has 0 saturated heterocycles. The second-order valence-corrected chi connectivity index (χ2v) is 5.59. The van der Waals surface area contributed by atoms with Gasteiger partial charge in [-0.15, -0.1) is 15.3 Å². The average molecular weight is 351 g/mol. The van der Waals surface area contributed by atoms with Crippen molar-refractivity contribution < 1.29 is 0 Å². The fraction of sp³-hybridized carbons (Fsp3) is 0. The molecule has 0 aliphatic heterocycles. The first-order chi connectivity index (χ1) is 13.3. The zero-order chi connectivity index (χ0) is 18.5. The third-order valence-corrected chi connectivity index (χ3v) is 3.88. The van der Waals surface area contributed by atoms with Crippen molar-refractivity contribution in [1.82, 2.24) is 9.97 Å². The molecule has 0 amide bonds. The highest BCUT2D eigenvalue weighted by Gasteiger charge is 2.03. The summed E-state index contributed by atoms with van der Waals surface area (Å²) in [6.45, 7) is 0. The third-order valence-electron chi connectivity index (χ3n) is 3.88. The molecule has 2 aromatic carbocycles. The highest BCUT2D eigenvalue weighted by molar-refractivity contribution is 5.98. The number of amidine groups is 1. The Balaban J connectivity index is 1.62. The van der Waals surface area contributed by atoms with E-state index in [0.717, 1.165) is 16.3 Å². The Morgan fingerprint density at radius 3 is 2.30 bits per heavy atom. The van der Waals surface area contributed by atoms with Gasteiger partial charge >= 0.3 is 0 Å². The van der Waals surface area contributed by atoms with E-state index >= 15 is 0 Å². The van der Waals surface area contributed by atoms with E-state index in [-0.39, 0.29) is 5.84 Å². The molecule has 2 aromatic heterocycles. The van der Waals surface area contributed by atoms with Gasteiger partial charge < -0.3 is 0 Å². The van der Waals surface area contributed by atoms with E-state index in [1.807, 2.05) is 60.7 Å². The van der Waals surface area contributed by atoms with Gasteiger partial charge in [-0.2, -0.15) is 5.26 Å². The van der Waals surface area contributed by atoms with Crippen LogP contribution in [-0.2, 0) is 0 Å². The molecule has 0 radical (unpaired) electrons. The minimum atomic E-state index is -0.101. The summed E-state index contributed by atoms with van der Waals surface area (Å²) in [4.78, 5) is 8.65. The number of para-hydroxylation sites is 2. The number of fused-ring (bicyclic) bond motifs is 2. The second-order valence-electron chi connectivity index (χ2n) is 5.59. The number of nitrogens with zero attached hydrogens (tertiary/aromatic N) is 6. The van der Waals surface area contributed by atoms with Gasteiger partial charge in [0.1, 0.15) is 11.8 Å². The van der Waals surface area contributed by atoms with E-state index in [0.29, 0.717) is 16.9 Å². The van der Waals surface area contributed by atoms with Crippen molar-refractivity contribution in [3.63, 3.8) is 0 Å². The number of hydrogen-bond donors (Lipinski definition) is 1. The van der Waals surface area contributed by atoms with Crippen LogP contribution >= 0.6 is 0 Å². The number of nitriles is 1. The zero-order valence-corrected chi connectivity index (χ0v) is 14.1. The van der Waals surface area contributed by atoms with Crippen LogP contribution in [0, 0.1) is 11.3 Å². The molecular formula is C20H13N7. The van der Waals surface area contributed by atoms with Gasteiger partial charge in [0, 0.05) is 23.2 Å². The fourth-order valence-corrected chi connectivity index (χ4v) is 2.65. The van der Waals surface area contributed by atoms with Gasteiger partial charge in [0.2, 0.25) is 0 Å². The molecule has 0 aliphatic rings. The Labute approximate surface area is 154 Å². The monoisotopic (exact) mass is 351 g/mol. The van der Waals surface area contributed by atoms with Crippen molar-refractivity contribution >= 4 is 39.0 Å². The summed E-state index contributed by atoms with van der Waals surface area (Å²) in [7, 11) is 0. The SMILES string of the molecule is N#CC(N=Nc1cccc2cccnc12)=NNc1cccc2cccnc12. The summed E-state index contributed by atoms with van der Waals surface area (Å²) >= 11 is 0. The average Bonchev–Trinajstić information content (AvgIpc) is 2.74. The summed E-state index contributed by atoms with van der Waals surface area (Å²) in [5, 5.41) is 23.3. The van der Waals surface area contributed by atoms with Crippen molar-refractivity contribution in [2.75, 3.05) is 5.43 Å². The van der Waals surface area contributed by atoms with E-state index < -0.39 is 0 Å². The Hall–Kier alpha value is -4.18. The molecule has 128 valence electrons. The predicted octanol–water partition coefficient (Wildman–Crippen LogP) is 4.82. The largest absolute Gasteiger partial charge is 0.273 e. The Kier molecular flexibility index (Phi) is 4.45. The van der Waals surface area contributed by atoms with Crippen molar-refractivity contribution in [1.29, 1.82) is 5.26 Å². The van der Waals surface area contributed by atoms with Crippen LogP contribution in [0.15, 0.2) is 88.4 Å². The number of benzene rings is 2. The highest BCUT2D eigenvalue weighted by atomic mass is 15.3. The molecule has 0 unspecified atom stereocenters. The van der Waals surface area contributed by atoms with Crippen LogP contribution in [0.3, 0.4) is 0 Å². The fourth-order valence-electron chi connectivity index (χ4n) is 2.65. The summed E-state index contributed by atoms with van der Waals surface area (Å²) in [6.07, 6.45) is 3.39. The first kappa shape index (κ1) is 16.3. The van der Waals surface area contributed by atoms with Crippen molar-refractivity contribution in [3.05, 3.63) is 73.1 Å². The molecule has 0 bridgehead atoms. The Morgan fingerprint density at radius 1 is 0.852 bits per heavy atom. The smallest absolute Gasteiger partial charge is 0.270 e. The van der Waals surface area contributed by atoms with E-state index in [4.69, 9.17) is 0 Å². The van der Waals surface area contributed by atoms with Crippen LogP contribution in [0.25, 0.3) is 21.8 Å². The number of pyridine rings is 2. The van der Waals surface area contributed by atoms with Gasteiger partial charge in [-0.25, -0.2) is 0 Å². The predicted molar refractivity (Wildman–Crippen MR) is 105 cm³/mol. The van der Waals surface area contributed by atoms with Crippen LogP contribution in [0.4, 0.5) is 11.4 Å². The lowest BCUT2D eigenvalue weighted by Crippen LogP contribution is -1.97. The molecule has 4 aromatic rings. The van der Waals surface area contributed by atoms with Gasteiger partial charge in [-0.1, -0.05) is 36.4 Å². The molecule has 0 aliphatic carbocycles. The lowest BCUT2D eigenvalue weighted by molar-refractivity contribution is 1.23. The molecule has 0 spiro atoms. The molecule has 0 atom stereocenters. The number of rotatable bonds is 3. The minimum Gasteiger partial charge on any atom is -0.273 e. The quantitative estimate of drug-likeness (QED) is 0.248. The van der Waals surface area contributed by atoms with E-state index in [2.05, 4.69) is 30.7 Å². The molecule has 0 saturated carbocycles. The van der Waals surface area contributed by atoms with Gasteiger partial charge in [-0.05, 0) is 24.3 Å². The number of nitrogens with one attached hydrogen (secondary N) is 1. The summed E-state index contributed by atoms with van der Waals surface area (Å²) in [5.74, 6) is -0.101. The van der Waals surface area contributed by atoms with E-state index in [1.54, 1.807) is 18.5 Å². The Bertz CT molecular complexity index is 1210. The lowest BCUT2D eigenvalue weighted by atomic mass is 10.2. The zero-order valence-electron chi connectivity index (χ0n) is 14.1. The van der Waals surface area contributed by atoms with Gasteiger partial charge in [-0.3, -0.25) is 15.4 Å². The van der Waals surface area contributed by atoms with Crippen LogP contribution in [-0.4, -0.2) is 15.8 Å². The first-order valence-electron chi connectivity index (χ1n) is 8.18. The third kappa shape index (κ3) is 3.45. The molecule has 4 rings (SSSR count). The van der Waals surface area contributed by atoms with E-state index in [9.17, 15) is 5.26 Å². The van der Waals surface area contributed by atoms with Crippen LogP contribution < -0.4 is 5.43 Å². The number of hydrogen-bond acceptors (Lipinski definition) is 6. The van der Waals surface area contributed by atoms with Gasteiger partial charge in [0.15, 0.2) is 0 Å². The number of anilines is 1. The molecular weight excluding hydrogens is 338 g/mol. The molecule has 7 nitrogen and oxygen atoms in total. The molecule has 0 fully saturated rings. The van der Waals surface area contributed by atoms with Crippen molar-refractivity contribution in [2.24, 2.45) is 15.3 Å². The maximum Gasteiger partial charge on any atom is 0.270 e. The number of hydrazone groups is 1. The van der Waals surface area contributed by atoms with Crippen LogP contribution in [0.1, 0.15) is 0 Å². The number of azo groups is 1. The molecule has 27 heavy (non-hydrogen) atoms. The summed E-state index contributed by atoms with van der Waals surface area (Å²) in [6, 6.07) is 20.8. The first-order valence-corrected chi connectivity index (χ1v) is 8.18. The maximum absolute atomic E-state index is 9.30. The van der Waals surface area contributed by atoms with Gasteiger partial charge in [0.05, 0.1) is 16.7 Å². The van der Waals surface area contributed by atoms with Crippen molar-refractivity contribution in [3.8, 4) is 6.07 Å². The Morgan fingerprint density at radius 2 is 1.52 bits per heavy atom. The molecule has 2 heterocycles. The van der Waals surface area contributed by atoms with Gasteiger partial charge in [0.25, 0.3) is 5.84 Å². The van der Waals surface area contributed by atoms with Crippen molar-refractivity contribution in [2.45, 2.75) is 0 Å². The van der Waals surface area contributed by atoms with Crippen LogP contribution in [0.2, 0.25) is 0 Å². The maximum atomic E-state index is 9.30. The van der Waals surface area contributed by atoms with E-state index in [1.165, 1.54) is 0 Å². The lowest BCUT2D eigenvalue weighted by Gasteiger charge is -2.04. The molecule has 7 heteroatoms. The summed E-state index contributed by atoms with van der Waals surface area (Å²) < 4.78 is 0. The minimum absolute atomic E-state index is 0.101.